The van der Waals surface area contributed by atoms with E-state index in [0.717, 1.165) is 28.3 Å². The number of benzene rings is 9. The number of aromatic nitrogens is 1. The van der Waals surface area contributed by atoms with Gasteiger partial charge in [-0.2, -0.15) is 0 Å². The van der Waals surface area contributed by atoms with Crippen LogP contribution in [0.15, 0.2) is 231 Å². The summed E-state index contributed by atoms with van der Waals surface area (Å²) in [5.41, 5.74) is 16.2. The first-order valence-electron chi connectivity index (χ1n) is 19.2. The van der Waals surface area contributed by atoms with Crippen molar-refractivity contribution < 1.29 is 0 Å². The minimum atomic E-state index is 1.07. The van der Waals surface area contributed by atoms with E-state index < -0.39 is 0 Å². The summed E-state index contributed by atoms with van der Waals surface area (Å²) in [4.78, 5) is 2.43. The molecule has 0 N–H and O–H groups in total. The Morgan fingerprint density at radius 2 is 0.732 bits per heavy atom. The Kier molecular flexibility index (Phi) is 8.55. The Morgan fingerprint density at radius 1 is 0.286 bits per heavy atom. The quantitative estimate of drug-likeness (QED) is 0.152. The molecule has 0 spiro atoms. The molecule has 0 aliphatic heterocycles. The third-order valence-corrected chi connectivity index (χ3v) is 10.8. The second-order valence-electron chi connectivity index (χ2n) is 14.1. The summed E-state index contributed by atoms with van der Waals surface area (Å²) >= 11 is 0. The van der Waals surface area contributed by atoms with Crippen LogP contribution in [0.25, 0.3) is 72.0 Å². The molecule has 0 saturated heterocycles. The molecule has 0 saturated carbocycles. The second-order valence-corrected chi connectivity index (χ2v) is 14.1. The lowest BCUT2D eigenvalue weighted by molar-refractivity contribution is 1.17. The molecule has 10 rings (SSSR count). The second kappa shape index (κ2) is 14.4. The average Bonchev–Trinajstić information content (AvgIpc) is 3.62. The molecule has 0 amide bonds. The summed E-state index contributed by atoms with van der Waals surface area (Å²) in [5, 5.41) is 2.50. The van der Waals surface area contributed by atoms with Crippen LogP contribution < -0.4 is 4.90 Å². The van der Waals surface area contributed by atoms with Gasteiger partial charge >= 0.3 is 0 Å². The zero-order valence-electron chi connectivity index (χ0n) is 30.8. The number of nitrogens with zero attached hydrogens (tertiary/aromatic N) is 2. The summed E-state index contributed by atoms with van der Waals surface area (Å²) in [6, 6.07) is 83.1. The molecule has 264 valence electrons. The van der Waals surface area contributed by atoms with Crippen molar-refractivity contribution in [1.29, 1.82) is 0 Å². The standard InChI is InChI=1S/C54H38N2/c1-3-19-39(20-4-1)41-23-17-24-42(37-41)55(43-25-18-26-44(38-43)56-53-35-15-12-32-50(53)51-33-13-16-36-54(51)56)52-34-14-11-31-49(52)48-30-10-9-29-47(48)46-28-8-7-27-45(46)40-21-5-2-6-22-40/h1-38H. The van der Waals surface area contributed by atoms with Crippen LogP contribution in [0.2, 0.25) is 0 Å². The van der Waals surface area contributed by atoms with Crippen LogP contribution >= 0.6 is 0 Å². The lowest BCUT2D eigenvalue weighted by Crippen LogP contribution is -2.12. The molecule has 2 nitrogen and oxygen atoms in total. The van der Waals surface area contributed by atoms with Gasteiger partial charge in [-0.3, -0.25) is 0 Å². The normalized spacial score (nSPS) is 11.2. The summed E-state index contributed by atoms with van der Waals surface area (Å²) in [6.07, 6.45) is 0. The highest BCUT2D eigenvalue weighted by Gasteiger charge is 2.21. The minimum absolute atomic E-state index is 1.07. The van der Waals surface area contributed by atoms with E-state index in [1.807, 2.05) is 0 Å². The van der Waals surface area contributed by atoms with E-state index >= 15 is 0 Å². The first kappa shape index (κ1) is 33.2. The summed E-state index contributed by atoms with van der Waals surface area (Å²) in [7, 11) is 0. The van der Waals surface area contributed by atoms with E-state index in [9.17, 15) is 0 Å². The monoisotopic (exact) mass is 714 g/mol. The molecule has 0 atom stereocenters. The van der Waals surface area contributed by atoms with Crippen LogP contribution in [0.4, 0.5) is 17.1 Å². The molecule has 1 heterocycles. The summed E-state index contributed by atoms with van der Waals surface area (Å²) in [5.74, 6) is 0. The van der Waals surface area contributed by atoms with Crippen molar-refractivity contribution in [1.82, 2.24) is 4.57 Å². The van der Waals surface area contributed by atoms with Crippen molar-refractivity contribution in [3.05, 3.63) is 231 Å². The zero-order chi connectivity index (χ0) is 37.3. The van der Waals surface area contributed by atoms with E-state index in [0.29, 0.717) is 0 Å². The molecule has 0 fully saturated rings. The van der Waals surface area contributed by atoms with Crippen molar-refractivity contribution in [2.45, 2.75) is 0 Å². The number of hydrogen-bond acceptors (Lipinski definition) is 1. The molecule has 1 aromatic heterocycles. The van der Waals surface area contributed by atoms with Crippen molar-refractivity contribution in [2.24, 2.45) is 0 Å². The van der Waals surface area contributed by atoms with E-state index in [-0.39, 0.29) is 0 Å². The third-order valence-electron chi connectivity index (χ3n) is 10.8. The highest BCUT2D eigenvalue weighted by molar-refractivity contribution is 6.09. The molecule has 9 aromatic carbocycles. The first-order valence-corrected chi connectivity index (χ1v) is 19.2. The van der Waals surface area contributed by atoms with Gasteiger partial charge < -0.3 is 9.47 Å². The van der Waals surface area contributed by atoms with Crippen LogP contribution in [-0.4, -0.2) is 4.57 Å². The molecule has 0 aliphatic carbocycles. The van der Waals surface area contributed by atoms with Crippen LogP contribution in [0.3, 0.4) is 0 Å². The Labute approximate surface area is 327 Å². The highest BCUT2D eigenvalue weighted by Crippen LogP contribution is 2.46. The van der Waals surface area contributed by atoms with Gasteiger partial charge in [-0.25, -0.2) is 0 Å². The number of fused-ring (bicyclic) bond motifs is 3. The summed E-state index contributed by atoms with van der Waals surface area (Å²) < 4.78 is 2.40. The van der Waals surface area contributed by atoms with Crippen LogP contribution in [0.1, 0.15) is 0 Å². The average molecular weight is 715 g/mol. The van der Waals surface area contributed by atoms with Crippen LogP contribution in [0, 0.1) is 0 Å². The van der Waals surface area contributed by atoms with Gasteiger partial charge in [0.15, 0.2) is 0 Å². The Hall–Kier alpha value is -7.42. The number of rotatable bonds is 8. The fourth-order valence-electron chi connectivity index (χ4n) is 8.29. The van der Waals surface area contributed by atoms with E-state index in [4.69, 9.17) is 0 Å². The number of hydrogen-bond donors (Lipinski definition) is 0. The first-order chi connectivity index (χ1) is 27.8. The van der Waals surface area contributed by atoms with Gasteiger partial charge in [-0.1, -0.05) is 182 Å². The number of anilines is 3. The maximum Gasteiger partial charge on any atom is 0.0541 e. The van der Waals surface area contributed by atoms with Gasteiger partial charge in [-0.15, -0.1) is 0 Å². The van der Waals surface area contributed by atoms with Crippen LogP contribution in [0.5, 0.6) is 0 Å². The van der Waals surface area contributed by atoms with Crippen molar-refractivity contribution in [2.75, 3.05) is 4.90 Å². The van der Waals surface area contributed by atoms with Gasteiger partial charge in [0.1, 0.15) is 0 Å². The van der Waals surface area contributed by atoms with Gasteiger partial charge in [0.05, 0.1) is 16.7 Å². The van der Waals surface area contributed by atoms with Crippen molar-refractivity contribution in [3.8, 4) is 50.2 Å². The van der Waals surface area contributed by atoms with E-state index in [2.05, 4.69) is 240 Å². The van der Waals surface area contributed by atoms with E-state index in [1.54, 1.807) is 0 Å². The minimum Gasteiger partial charge on any atom is -0.310 e. The van der Waals surface area contributed by atoms with E-state index in [1.165, 1.54) is 60.8 Å². The molecule has 56 heavy (non-hydrogen) atoms. The zero-order valence-corrected chi connectivity index (χ0v) is 30.8. The molecular formula is C54H38N2. The largest absolute Gasteiger partial charge is 0.310 e. The van der Waals surface area contributed by atoms with Crippen molar-refractivity contribution >= 4 is 38.9 Å². The molecular weight excluding hydrogens is 677 g/mol. The predicted octanol–water partition coefficient (Wildman–Crippen LogP) is 14.9. The topological polar surface area (TPSA) is 8.17 Å². The summed E-state index contributed by atoms with van der Waals surface area (Å²) in [6.45, 7) is 0. The molecule has 10 aromatic rings. The lowest BCUT2D eigenvalue weighted by atomic mass is 9.88. The maximum absolute atomic E-state index is 2.43. The Bertz CT molecular complexity index is 2920. The third kappa shape index (κ3) is 5.95. The van der Waals surface area contributed by atoms with Gasteiger partial charge in [0.25, 0.3) is 0 Å². The Balaban J connectivity index is 1.20. The maximum atomic E-state index is 2.43. The lowest BCUT2D eigenvalue weighted by Gasteiger charge is -2.29. The SMILES string of the molecule is c1ccc(-c2cccc(N(c3cccc(-n4c5ccccc5c5ccccc54)c3)c3ccccc3-c3ccccc3-c3ccccc3-c3ccccc3)c2)cc1. The van der Waals surface area contributed by atoms with Gasteiger partial charge in [0.2, 0.25) is 0 Å². The highest BCUT2D eigenvalue weighted by atomic mass is 15.1. The number of para-hydroxylation sites is 3. The smallest absolute Gasteiger partial charge is 0.0541 e. The molecule has 0 aliphatic rings. The predicted molar refractivity (Wildman–Crippen MR) is 237 cm³/mol. The van der Waals surface area contributed by atoms with Gasteiger partial charge in [0, 0.05) is 33.4 Å². The fourth-order valence-corrected chi connectivity index (χ4v) is 8.29. The Morgan fingerprint density at radius 3 is 1.39 bits per heavy atom. The van der Waals surface area contributed by atoms with Gasteiger partial charge in [-0.05, 0) is 87.5 Å². The molecule has 0 bridgehead atoms. The van der Waals surface area contributed by atoms with Crippen LogP contribution in [-0.2, 0) is 0 Å². The molecule has 2 heteroatoms. The molecule has 0 unspecified atom stereocenters. The van der Waals surface area contributed by atoms with Crippen molar-refractivity contribution in [3.63, 3.8) is 0 Å². The fraction of sp³-hybridized carbons (Fsp3) is 0. The molecule has 0 radical (unpaired) electrons.